The third kappa shape index (κ3) is 3.97. The molecular weight excluding hydrogens is 346 g/mol. The largest absolute Gasteiger partial charge is 0.320 e. The highest BCUT2D eigenvalue weighted by atomic mass is 16.1. The number of carbonyl (C=O) groups is 1. The molecule has 2 heterocycles. The first-order chi connectivity index (χ1) is 13.6. The number of pyridine rings is 1. The predicted molar refractivity (Wildman–Crippen MR) is 112 cm³/mol. The SMILES string of the molecule is Cc1ccc(C(=O)Nc2cncc3c2CCN(Cc2ccccc2)C3)cc1C. The van der Waals surface area contributed by atoms with E-state index >= 15 is 0 Å². The van der Waals surface area contributed by atoms with Crippen LogP contribution >= 0.6 is 0 Å². The lowest BCUT2D eigenvalue weighted by Crippen LogP contribution is -2.31. The summed E-state index contributed by atoms with van der Waals surface area (Å²) in [4.78, 5) is 19.5. The van der Waals surface area contributed by atoms with Gasteiger partial charge in [-0.1, -0.05) is 36.4 Å². The molecule has 0 radical (unpaired) electrons. The highest BCUT2D eigenvalue weighted by molar-refractivity contribution is 6.04. The fourth-order valence-electron chi connectivity index (χ4n) is 3.71. The molecule has 1 N–H and O–H groups in total. The van der Waals surface area contributed by atoms with Crippen molar-refractivity contribution in [3.63, 3.8) is 0 Å². The van der Waals surface area contributed by atoms with E-state index in [1.807, 2.05) is 37.4 Å². The minimum Gasteiger partial charge on any atom is -0.320 e. The van der Waals surface area contributed by atoms with Gasteiger partial charge in [-0.15, -0.1) is 0 Å². The van der Waals surface area contributed by atoms with Gasteiger partial charge in [-0.25, -0.2) is 0 Å². The van der Waals surface area contributed by atoms with Crippen molar-refractivity contribution in [3.05, 3.63) is 94.3 Å². The Bertz CT molecular complexity index is 998. The third-order valence-corrected chi connectivity index (χ3v) is 5.49. The Balaban J connectivity index is 1.49. The van der Waals surface area contributed by atoms with Crippen LogP contribution in [0, 0.1) is 13.8 Å². The molecule has 0 saturated heterocycles. The van der Waals surface area contributed by atoms with Crippen molar-refractivity contribution in [2.24, 2.45) is 0 Å². The van der Waals surface area contributed by atoms with Gasteiger partial charge in [0.05, 0.1) is 11.9 Å². The number of nitrogens with one attached hydrogen (secondary N) is 1. The van der Waals surface area contributed by atoms with Crippen LogP contribution in [0.25, 0.3) is 0 Å². The number of rotatable bonds is 4. The van der Waals surface area contributed by atoms with Crippen LogP contribution in [0.2, 0.25) is 0 Å². The van der Waals surface area contributed by atoms with Crippen LogP contribution in [0.3, 0.4) is 0 Å². The molecule has 4 heteroatoms. The van der Waals surface area contributed by atoms with E-state index in [9.17, 15) is 4.79 Å². The van der Waals surface area contributed by atoms with Crippen LogP contribution in [0.4, 0.5) is 5.69 Å². The number of hydrogen-bond donors (Lipinski definition) is 1. The quantitative estimate of drug-likeness (QED) is 0.734. The first kappa shape index (κ1) is 18.4. The summed E-state index contributed by atoms with van der Waals surface area (Å²) in [7, 11) is 0. The van der Waals surface area contributed by atoms with Crippen molar-refractivity contribution >= 4 is 11.6 Å². The molecule has 28 heavy (non-hydrogen) atoms. The molecule has 1 aromatic heterocycles. The molecule has 0 spiro atoms. The lowest BCUT2D eigenvalue weighted by molar-refractivity contribution is 0.102. The van der Waals surface area contributed by atoms with Crippen molar-refractivity contribution < 1.29 is 4.79 Å². The maximum atomic E-state index is 12.7. The Morgan fingerprint density at radius 1 is 1.07 bits per heavy atom. The van der Waals surface area contributed by atoms with E-state index in [0.29, 0.717) is 5.56 Å². The molecule has 0 aliphatic carbocycles. The van der Waals surface area contributed by atoms with Crippen LogP contribution in [0.15, 0.2) is 60.9 Å². The fraction of sp³-hybridized carbons (Fsp3) is 0.250. The second-order valence-corrected chi connectivity index (χ2v) is 7.52. The van der Waals surface area contributed by atoms with Crippen LogP contribution in [-0.2, 0) is 19.5 Å². The summed E-state index contributed by atoms with van der Waals surface area (Å²) in [6.45, 7) is 6.83. The van der Waals surface area contributed by atoms with Crippen LogP contribution in [0.1, 0.15) is 38.2 Å². The molecular formula is C24H25N3O. The van der Waals surface area contributed by atoms with Crippen molar-refractivity contribution in [2.75, 3.05) is 11.9 Å². The Labute approximate surface area is 166 Å². The summed E-state index contributed by atoms with van der Waals surface area (Å²) in [6, 6.07) is 16.3. The molecule has 2 aromatic carbocycles. The molecule has 142 valence electrons. The first-order valence-electron chi connectivity index (χ1n) is 9.71. The standard InChI is InChI=1S/C24H25N3O/c1-17-8-9-20(12-18(17)2)24(28)26-23-14-25-13-21-16-27(11-10-22(21)23)15-19-6-4-3-5-7-19/h3-9,12-14H,10-11,15-16H2,1-2H3,(H,26,28). The summed E-state index contributed by atoms with van der Waals surface area (Å²) < 4.78 is 0. The highest BCUT2D eigenvalue weighted by Gasteiger charge is 2.20. The van der Waals surface area contributed by atoms with Gasteiger partial charge in [0, 0.05) is 31.4 Å². The first-order valence-corrected chi connectivity index (χ1v) is 9.71. The highest BCUT2D eigenvalue weighted by Crippen LogP contribution is 2.26. The average Bonchev–Trinajstić information content (AvgIpc) is 2.71. The minimum absolute atomic E-state index is 0.0787. The van der Waals surface area contributed by atoms with Crippen LogP contribution in [-0.4, -0.2) is 22.3 Å². The maximum Gasteiger partial charge on any atom is 0.255 e. The predicted octanol–water partition coefficient (Wildman–Crippen LogP) is 4.51. The van der Waals surface area contributed by atoms with E-state index in [0.717, 1.165) is 37.3 Å². The van der Waals surface area contributed by atoms with E-state index in [-0.39, 0.29) is 5.91 Å². The van der Waals surface area contributed by atoms with E-state index in [4.69, 9.17) is 0 Å². The lowest BCUT2D eigenvalue weighted by Gasteiger charge is -2.29. The average molecular weight is 371 g/mol. The number of fused-ring (bicyclic) bond motifs is 1. The smallest absolute Gasteiger partial charge is 0.255 e. The van der Waals surface area contributed by atoms with Gasteiger partial charge in [-0.05, 0) is 60.2 Å². The number of carbonyl (C=O) groups excluding carboxylic acids is 1. The summed E-state index contributed by atoms with van der Waals surface area (Å²) in [5.41, 5.74) is 7.54. The molecule has 0 saturated carbocycles. The number of aromatic nitrogens is 1. The number of amides is 1. The molecule has 3 aromatic rings. The Hall–Kier alpha value is -2.98. The Kier molecular flexibility index (Phi) is 5.22. The fourth-order valence-corrected chi connectivity index (χ4v) is 3.71. The summed E-state index contributed by atoms with van der Waals surface area (Å²) in [5.74, 6) is -0.0787. The van der Waals surface area contributed by atoms with Gasteiger partial charge in [0.15, 0.2) is 0 Å². The zero-order valence-corrected chi connectivity index (χ0v) is 16.4. The van der Waals surface area contributed by atoms with E-state index in [1.54, 1.807) is 6.20 Å². The Morgan fingerprint density at radius 3 is 2.68 bits per heavy atom. The van der Waals surface area contributed by atoms with Crippen molar-refractivity contribution in [2.45, 2.75) is 33.4 Å². The topological polar surface area (TPSA) is 45.2 Å². The minimum atomic E-state index is -0.0787. The Morgan fingerprint density at radius 2 is 1.89 bits per heavy atom. The van der Waals surface area contributed by atoms with Gasteiger partial charge in [-0.2, -0.15) is 0 Å². The van der Waals surface area contributed by atoms with Crippen molar-refractivity contribution in [3.8, 4) is 0 Å². The molecule has 0 atom stereocenters. The second-order valence-electron chi connectivity index (χ2n) is 7.52. The van der Waals surface area contributed by atoms with Gasteiger partial charge in [0.25, 0.3) is 5.91 Å². The molecule has 4 rings (SSSR count). The lowest BCUT2D eigenvalue weighted by atomic mass is 9.99. The molecule has 1 aliphatic rings. The normalized spacial score (nSPS) is 13.8. The number of aryl methyl sites for hydroxylation is 2. The van der Waals surface area contributed by atoms with Crippen LogP contribution < -0.4 is 5.32 Å². The number of nitrogens with zero attached hydrogens (tertiary/aromatic N) is 2. The van der Waals surface area contributed by atoms with Gasteiger partial charge in [-0.3, -0.25) is 14.7 Å². The molecule has 1 aliphatic heterocycles. The van der Waals surface area contributed by atoms with Gasteiger partial charge < -0.3 is 5.32 Å². The number of hydrogen-bond acceptors (Lipinski definition) is 3. The molecule has 0 unspecified atom stereocenters. The summed E-state index contributed by atoms with van der Waals surface area (Å²) in [5, 5.41) is 3.08. The summed E-state index contributed by atoms with van der Waals surface area (Å²) in [6.07, 6.45) is 4.61. The molecule has 0 bridgehead atoms. The van der Waals surface area contributed by atoms with Crippen molar-refractivity contribution in [1.29, 1.82) is 0 Å². The molecule has 1 amide bonds. The van der Waals surface area contributed by atoms with E-state index in [2.05, 4.69) is 46.4 Å². The van der Waals surface area contributed by atoms with Crippen molar-refractivity contribution in [1.82, 2.24) is 9.88 Å². The molecule has 0 fully saturated rings. The zero-order valence-electron chi connectivity index (χ0n) is 16.4. The van der Waals surface area contributed by atoms with Gasteiger partial charge >= 0.3 is 0 Å². The van der Waals surface area contributed by atoms with Gasteiger partial charge in [0.2, 0.25) is 0 Å². The van der Waals surface area contributed by atoms with E-state index in [1.165, 1.54) is 22.3 Å². The maximum absolute atomic E-state index is 12.7. The summed E-state index contributed by atoms with van der Waals surface area (Å²) >= 11 is 0. The molecule has 4 nitrogen and oxygen atoms in total. The number of benzene rings is 2. The monoisotopic (exact) mass is 371 g/mol. The van der Waals surface area contributed by atoms with Gasteiger partial charge in [0.1, 0.15) is 0 Å². The van der Waals surface area contributed by atoms with Crippen LogP contribution in [0.5, 0.6) is 0 Å². The zero-order chi connectivity index (χ0) is 19.5. The third-order valence-electron chi connectivity index (χ3n) is 5.49. The number of anilines is 1. The van der Waals surface area contributed by atoms with E-state index < -0.39 is 0 Å². The second kappa shape index (κ2) is 7.95.